The lowest BCUT2D eigenvalue weighted by Gasteiger charge is -2.23. The Kier molecular flexibility index (Phi) is 6.85. The van der Waals surface area contributed by atoms with E-state index in [1.165, 1.54) is 24.3 Å². The van der Waals surface area contributed by atoms with E-state index in [2.05, 4.69) is 10.0 Å². The Hall–Kier alpha value is -3.43. The van der Waals surface area contributed by atoms with Crippen molar-refractivity contribution in [3.05, 3.63) is 72.5 Å². The number of fused-ring (bicyclic) bond motifs is 1. The van der Waals surface area contributed by atoms with Crippen molar-refractivity contribution in [2.24, 2.45) is 5.92 Å². The number of rotatable bonds is 7. The maximum atomic E-state index is 13.2. The van der Waals surface area contributed by atoms with E-state index in [0.29, 0.717) is 30.4 Å². The second-order valence-corrected chi connectivity index (χ2v) is 9.94. The van der Waals surface area contributed by atoms with Crippen molar-refractivity contribution in [3.63, 3.8) is 0 Å². The first-order valence-corrected chi connectivity index (χ1v) is 12.3. The number of nitrogens with one attached hydrogen (secondary N) is 2. The molecule has 178 valence electrons. The van der Waals surface area contributed by atoms with Crippen LogP contribution in [-0.4, -0.2) is 33.6 Å². The van der Waals surface area contributed by atoms with Gasteiger partial charge in [-0.2, -0.15) is 4.72 Å². The third kappa shape index (κ3) is 5.37. The molecular formula is C25H25FN2O5S. The predicted octanol–water partition coefficient (Wildman–Crippen LogP) is 4.21. The molecule has 1 aliphatic rings. The van der Waals surface area contributed by atoms with Gasteiger partial charge in [-0.1, -0.05) is 38.1 Å². The molecule has 0 saturated heterocycles. The van der Waals surface area contributed by atoms with Crippen molar-refractivity contribution in [2.45, 2.75) is 24.8 Å². The maximum Gasteiger partial charge on any atom is 0.242 e. The Morgan fingerprint density at radius 3 is 2.09 bits per heavy atom. The Morgan fingerprint density at radius 1 is 0.882 bits per heavy atom. The molecule has 1 heterocycles. The molecule has 0 spiro atoms. The van der Waals surface area contributed by atoms with Crippen LogP contribution < -0.4 is 19.5 Å². The van der Waals surface area contributed by atoms with Crippen LogP contribution in [0.3, 0.4) is 0 Å². The van der Waals surface area contributed by atoms with Crippen LogP contribution in [0.4, 0.5) is 10.1 Å². The smallest absolute Gasteiger partial charge is 0.242 e. The Balaban J connectivity index is 1.49. The summed E-state index contributed by atoms with van der Waals surface area (Å²) in [5.74, 6) is -0.0357. The molecule has 7 nitrogen and oxygen atoms in total. The highest BCUT2D eigenvalue weighted by Crippen LogP contribution is 2.32. The van der Waals surface area contributed by atoms with Crippen LogP contribution in [0, 0.1) is 11.7 Å². The fourth-order valence-corrected chi connectivity index (χ4v) is 4.88. The lowest BCUT2D eigenvalue weighted by Crippen LogP contribution is -2.47. The molecule has 4 rings (SSSR count). The number of ether oxygens (including phenoxy) is 2. The van der Waals surface area contributed by atoms with Crippen molar-refractivity contribution in [2.75, 3.05) is 18.5 Å². The molecule has 2 N–H and O–H groups in total. The van der Waals surface area contributed by atoms with E-state index < -0.39 is 22.0 Å². The lowest BCUT2D eigenvalue weighted by atomic mass is 10.0. The van der Waals surface area contributed by atoms with Gasteiger partial charge < -0.3 is 14.8 Å². The third-order valence-electron chi connectivity index (χ3n) is 5.38. The number of benzene rings is 3. The largest absolute Gasteiger partial charge is 0.486 e. The van der Waals surface area contributed by atoms with Crippen molar-refractivity contribution in [1.29, 1.82) is 0 Å². The highest BCUT2D eigenvalue weighted by atomic mass is 32.2. The number of halogens is 1. The van der Waals surface area contributed by atoms with Gasteiger partial charge in [-0.25, -0.2) is 12.8 Å². The topological polar surface area (TPSA) is 93.7 Å². The summed E-state index contributed by atoms with van der Waals surface area (Å²) in [6.45, 7) is 4.39. The number of hydrogen-bond acceptors (Lipinski definition) is 5. The minimum Gasteiger partial charge on any atom is -0.486 e. The summed E-state index contributed by atoms with van der Waals surface area (Å²) >= 11 is 0. The van der Waals surface area contributed by atoms with Crippen LogP contribution in [0.15, 0.2) is 71.6 Å². The number of carbonyl (C=O) groups excluding carboxylic acids is 1. The third-order valence-corrected chi connectivity index (χ3v) is 6.84. The zero-order chi connectivity index (χ0) is 24.3. The van der Waals surface area contributed by atoms with Crippen LogP contribution >= 0.6 is 0 Å². The fraction of sp³-hybridized carbons (Fsp3) is 0.240. The highest BCUT2D eigenvalue weighted by Gasteiger charge is 2.29. The minimum absolute atomic E-state index is 0.0242. The van der Waals surface area contributed by atoms with Gasteiger partial charge >= 0.3 is 0 Å². The molecule has 0 saturated carbocycles. The van der Waals surface area contributed by atoms with Gasteiger partial charge in [0.2, 0.25) is 15.9 Å². The summed E-state index contributed by atoms with van der Waals surface area (Å²) in [6.07, 6.45) is 0. The molecule has 9 heteroatoms. The van der Waals surface area contributed by atoms with E-state index >= 15 is 0 Å². The molecule has 3 aromatic carbocycles. The van der Waals surface area contributed by atoms with Crippen LogP contribution in [0.1, 0.15) is 13.8 Å². The van der Waals surface area contributed by atoms with E-state index in [1.54, 1.807) is 56.3 Å². The van der Waals surface area contributed by atoms with Crippen molar-refractivity contribution in [1.82, 2.24) is 4.72 Å². The summed E-state index contributed by atoms with van der Waals surface area (Å²) in [6, 6.07) is 16.1. The molecule has 0 aliphatic carbocycles. The van der Waals surface area contributed by atoms with Gasteiger partial charge in [0.1, 0.15) is 25.1 Å². The molecule has 1 atom stereocenters. The van der Waals surface area contributed by atoms with Crippen LogP contribution in [0.2, 0.25) is 0 Å². The summed E-state index contributed by atoms with van der Waals surface area (Å²) in [5, 5.41) is 2.75. The van der Waals surface area contributed by atoms with Gasteiger partial charge in [0.15, 0.2) is 11.5 Å². The molecule has 0 fully saturated rings. The first-order chi connectivity index (χ1) is 16.2. The van der Waals surface area contributed by atoms with Crippen molar-refractivity contribution < 1.29 is 27.1 Å². The first-order valence-electron chi connectivity index (χ1n) is 10.8. The molecule has 0 unspecified atom stereocenters. The fourth-order valence-electron chi connectivity index (χ4n) is 3.54. The van der Waals surface area contributed by atoms with Gasteiger partial charge in [-0.3, -0.25) is 4.79 Å². The van der Waals surface area contributed by atoms with E-state index in [1.807, 2.05) is 0 Å². The molecular weight excluding hydrogens is 459 g/mol. The predicted molar refractivity (Wildman–Crippen MR) is 127 cm³/mol. The molecule has 0 aromatic heterocycles. The van der Waals surface area contributed by atoms with E-state index in [0.717, 1.165) is 11.1 Å². The number of anilines is 1. The monoisotopic (exact) mass is 484 g/mol. The Labute approximate surface area is 198 Å². The number of amides is 1. The zero-order valence-electron chi connectivity index (χ0n) is 18.7. The van der Waals surface area contributed by atoms with Crippen LogP contribution in [0.25, 0.3) is 11.1 Å². The Bertz CT molecular complexity index is 1280. The van der Waals surface area contributed by atoms with Gasteiger partial charge in [0, 0.05) is 11.8 Å². The average molecular weight is 485 g/mol. The van der Waals surface area contributed by atoms with E-state index in [-0.39, 0.29) is 16.6 Å². The SMILES string of the molecule is CC(C)[C@@H](NS(=O)(=O)c1ccc(-c2ccc(F)cc2)cc1)C(=O)Nc1ccc2c(c1)OCCO2. The zero-order valence-corrected chi connectivity index (χ0v) is 19.6. The van der Waals surface area contributed by atoms with Gasteiger partial charge in [-0.15, -0.1) is 0 Å². The lowest BCUT2D eigenvalue weighted by molar-refractivity contribution is -0.118. The minimum atomic E-state index is -3.98. The first kappa shape index (κ1) is 23.7. The summed E-state index contributed by atoms with van der Waals surface area (Å²) in [5.41, 5.74) is 1.98. The number of carbonyl (C=O) groups is 1. The van der Waals surface area contributed by atoms with Gasteiger partial charge in [0.25, 0.3) is 0 Å². The quantitative estimate of drug-likeness (QED) is 0.524. The second kappa shape index (κ2) is 9.82. The molecule has 0 bridgehead atoms. The standard InChI is InChI=1S/C25H25FN2O5S/c1-16(2)24(25(29)27-20-9-12-22-23(15-20)33-14-13-32-22)28-34(30,31)21-10-5-18(6-11-21)17-3-7-19(26)8-4-17/h3-12,15-16,24,28H,13-14H2,1-2H3,(H,27,29)/t24-/m1/s1. The normalized spacial score (nSPS) is 14.0. The molecule has 3 aromatic rings. The van der Waals surface area contributed by atoms with Crippen LogP contribution in [0.5, 0.6) is 11.5 Å². The summed E-state index contributed by atoms with van der Waals surface area (Å²) in [7, 11) is -3.98. The van der Waals surface area contributed by atoms with E-state index in [9.17, 15) is 17.6 Å². The van der Waals surface area contributed by atoms with Gasteiger partial charge in [0.05, 0.1) is 4.90 Å². The van der Waals surface area contributed by atoms with E-state index in [4.69, 9.17) is 9.47 Å². The highest BCUT2D eigenvalue weighted by molar-refractivity contribution is 7.89. The molecule has 1 amide bonds. The Morgan fingerprint density at radius 2 is 1.47 bits per heavy atom. The van der Waals surface area contributed by atoms with Crippen LogP contribution in [-0.2, 0) is 14.8 Å². The van der Waals surface area contributed by atoms with Crippen molar-refractivity contribution >= 4 is 21.6 Å². The number of hydrogen-bond donors (Lipinski definition) is 2. The molecule has 0 radical (unpaired) electrons. The van der Waals surface area contributed by atoms with Gasteiger partial charge in [-0.05, 0) is 53.4 Å². The summed E-state index contributed by atoms with van der Waals surface area (Å²) in [4.78, 5) is 13.0. The average Bonchev–Trinajstić information content (AvgIpc) is 2.83. The maximum absolute atomic E-state index is 13.2. The summed E-state index contributed by atoms with van der Waals surface area (Å²) < 4.78 is 52.7. The molecule has 1 aliphatic heterocycles. The second-order valence-electron chi connectivity index (χ2n) is 8.22. The molecule has 34 heavy (non-hydrogen) atoms. The number of sulfonamides is 1. The van der Waals surface area contributed by atoms with Crippen molar-refractivity contribution in [3.8, 4) is 22.6 Å².